The van der Waals surface area contributed by atoms with Gasteiger partial charge in [-0.15, -0.1) is 11.3 Å². The molecule has 96 valence electrons. The van der Waals surface area contributed by atoms with E-state index in [9.17, 15) is 4.79 Å². The van der Waals surface area contributed by atoms with E-state index < -0.39 is 5.97 Å². The van der Waals surface area contributed by atoms with E-state index in [-0.39, 0.29) is 6.42 Å². The van der Waals surface area contributed by atoms with E-state index in [1.165, 1.54) is 0 Å². The molecule has 0 atom stereocenters. The molecule has 0 radical (unpaired) electrons. The number of aromatic nitrogens is 2. The van der Waals surface area contributed by atoms with Crippen LogP contribution in [0.2, 0.25) is 0 Å². The highest BCUT2D eigenvalue weighted by atomic mass is 32.1. The smallest absolute Gasteiger partial charge is 0.309 e. The van der Waals surface area contributed by atoms with Gasteiger partial charge in [-0.1, -0.05) is 30.3 Å². The lowest BCUT2D eigenvalue weighted by Crippen LogP contribution is -2.01. The number of nitrogens with zero attached hydrogens (tertiary/aromatic N) is 2. The maximum atomic E-state index is 10.9. The van der Waals surface area contributed by atoms with Crippen LogP contribution in [0.4, 0.5) is 0 Å². The number of hydrogen-bond donors (Lipinski definition) is 1. The number of benzene rings is 1. The van der Waals surface area contributed by atoms with Gasteiger partial charge < -0.3 is 5.11 Å². The Morgan fingerprint density at radius 3 is 2.79 bits per heavy atom. The van der Waals surface area contributed by atoms with Crippen LogP contribution >= 0.6 is 11.3 Å². The lowest BCUT2D eigenvalue weighted by molar-refractivity contribution is -0.136. The van der Waals surface area contributed by atoms with Crippen LogP contribution in [0.3, 0.4) is 0 Å². The summed E-state index contributed by atoms with van der Waals surface area (Å²) < 4.78 is 2.71. The van der Waals surface area contributed by atoms with Crippen LogP contribution in [-0.4, -0.2) is 20.9 Å². The molecule has 0 saturated carbocycles. The van der Waals surface area contributed by atoms with E-state index in [1.807, 2.05) is 25.2 Å². The highest BCUT2D eigenvalue weighted by molar-refractivity contribution is 7.22. The van der Waals surface area contributed by atoms with Crippen molar-refractivity contribution in [3.8, 4) is 10.4 Å². The third kappa shape index (κ3) is 2.13. The third-order valence-corrected chi connectivity index (χ3v) is 4.19. The number of thiophene rings is 1. The van der Waals surface area contributed by atoms with Crippen LogP contribution in [-0.2, 0) is 18.3 Å². The molecular formula is C14H12N2O2S. The first kappa shape index (κ1) is 11.9. The molecule has 0 spiro atoms. The Morgan fingerprint density at radius 2 is 2.11 bits per heavy atom. The molecule has 1 N–H and O–H groups in total. The minimum Gasteiger partial charge on any atom is -0.481 e. The van der Waals surface area contributed by atoms with Gasteiger partial charge in [0.2, 0.25) is 0 Å². The molecule has 5 heteroatoms. The van der Waals surface area contributed by atoms with Gasteiger partial charge in [-0.05, 0) is 11.6 Å². The summed E-state index contributed by atoms with van der Waals surface area (Å²) in [6.45, 7) is 0. The molecule has 1 aromatic carbocycles. The van der Waals surface area contributed by atoms with Crippen LogP contribution in [0, 0.1) is 0 Å². The topological polar surface area (TPSA) is 55.1 Å². The van der Waals surface area contributed by atoms with E-state index in [2.05, 4.69) is 23.3 Å². The average Bonchev–Trinajstić information content (AvgIpc) is 2.93. The first-order valence-electron chi connectivity index (χ1n) is 5.88. The van der Waals surface area contributed by atoms with E-state index in [1.54, 1.807) is 16.0 Å². The second-order valence-electron chi connectivity index (χ2n) is 4.33. The Morgan fingerprint density at radius 1 is 1.37 bits per heavy atom. The van der Waals surface area contributed by atoms with Crippen molar-refractivity contribution >= 4 is 27.5 Å². The van der Waals surface area contributed by atoms with Crippen LogP contribution in [0.25, 0.3) is 20.7 Å². The van der Waals surface area contributed by atoms with E-state index >= 15 is 0 Å². The molecule has 3 rings (SSSR count). The summed E-state index contributed by atoms with van der Waals surface area (Å²) in [4.78, 5) is 12.0. The molecule has 0 amide bonds. The lowest BCUT2D eigenvalue weighted by atomic mass is 10.2. The van der Waals surface area contributed by atoms with E-state index in [0.29, 0.717) is 5.69 Å². The minimum atomic E-state index is -0.852. The van der Waals surface area contributed by atoms with Gasteiger partial charge in [-0.2, -0.15) is 5.10 Å². The lowest BCUT2D eigenvalue weighted by Gasteiger charge is -1.95. The van der Waals surface area contributed by atoms with Crippen LogP contribution in [0.1, 0.15) is 5.69 Å². The Labute approximate surface area is 113 Å². The summed E-state index contributed by atoms with van der Waals surface area (Å²) >= 11 is 1.59. The molecule has 0 fully saturated rings. The number of aryl methyl sites for hydroxylation is 1. The van der Waals surface area contributed by atoms with Gasteiger partial charge in [-0.3, -0.25) is 9.48 Å². The fourth-order valence-electron chi connectivity index (χ4n) is 2.11. The Kier molecular flexibility index (Phi) is 2.83. The molecule has 0 aliphatic rings. The summed E-state index contributed by atoms with van der Waals surface area (Å²) in [6.07, 6.45) is -0.0356. The molecule has 19 heavy (non-hydrogen) atoms. The van der Waals surface area contributed by atoms with Crippen molar-refractivity contribution in [3.05, 3.63) is 42.1 Å². The number of fused-ring (bicyclic) bond motifs is 1. The number of hydrogen-bond acceptors (Lipinski definition) is 3. The second kappa shape index (κ2) is 4.51. The average molecular weight is 272 g/mol. The van der Waals surface area contributed by atoms with Crippen molar-refractivity contribution in [2.24, 2.45) is 7.05 Å². The zero-order chi connectivity index (χ0) is 13.4. The molecule has 2 heterocycles. The standard InChI is InChI=1S/C14H12N2O2S/c1-16-11-8-12(9-5-3-2-4-6-9)19-14(11)10(15-16)7-13(17)18/h2-6,8H,7H2,1H3,(H,17,18). The van der Waals surface area contributed by atoms with Crippen LogP contribution in [0.15, 0.2) is 36.4 Å². The van der Waals surface area contributed by atoms with Crippen molar-refractivity contribution in [3.63, 3.8) is 0 Å². The summed E-state index contributed by atoms with van der Waals surface area (Å²) in [5, 5.41) is 13.2. The zero-order valence-electron chi connectivity index (χ0n) is 10.3. The molecular weight excluding hydrogens is 260 g/mol. The molecule has 0 bridgehead atoms. The quantitative estimate of drug-likeness (QED) is 0.797. The van der Waals surface area contributed by atoms with Crippen molar-refractivity contribution in [2.75, 3.05) is 0 Å². The Hall–Kier alpha value is -2.14. The summed E-state index contributed by atoms with van der Waals surface area (Å²) in [7, 11) is 1.84. The molecule has 4 nitrogen and oxygen atoms in total. The van der Waals surface area contributed by atoms with Crippen molar-refractivity contribution in [1.29, 1.82) is 0 Å². The fourth-order valence-corrected chi connectivity index (χ4v) is 3.28. The number of rotatable bonds is 3. The van der Waals surface area contributed by atoms with Crippen molar-refractivity contribution in [2.45, 2.75) is 6.42 Å². The van der Waals surface area contributed by atoms with Gasteiger partial charge in [0.05, 0.1) is 22.3 Å². The van der Waals surface area contributed by atoms with Gasteiger partial charge in [-0.25, -0.2) is 0 Å². The number of carboxylic acids is 1. The molecule has 0 aliphatic carbocycles. The molecule has 0 unspecified atom stereocenters. The summed E-state index contributed by atoms with van der Waals surface area (Å²) in [5.74, 6) is -0.852. The second-order valence-corrected chi connectivity index (χ2v) is 5.38. The van der Waals surface area contributed by atoms with Crippen LogP contribution in [0.5, 0.6) is 0 Å². The number of carboxylic acid groups (broad SMARTS) is 1. The predicted molar refractivity (Wildman–Crippen MR) is 75.4 cm³/mol. The largest absolute Gasteiger partial charge is 0.481 e. The van der Waals surface area contributed by atoms with Gasteiger partial charge in [0.1, 0.15) is 0 Å². The van der Waals surface area contributed by atoms with Crippen LogP contribution < -0.4 is 0 Å². The minimum absolute atomic E-state index is 0.0356. The maximum absolute atomic E-state index is 10.9. The maximum Gasteiger partial charge on any atom is 0.309 e. The van der Waals surface area contributed by atoms with E-state index in [4.69, 9.17) is 5.11 Å². The Bertz CT molecular complexity index is 743. The monoisotopic (exact) mass is 272 g/mol. The van der Waals surface area contributed by atoms with Gasteiger partial charge in [0, 0.05) is 11.9 Å². The molecule has 2 aromatic heterocycles. The molecule has 0 aliphatic heterocycles. The first-order chi connectivity index (χ1) is 9.15. The SMILES string of the molecule is Cn1nc(CC(=O)O)c2sc(-c3ccccc3)cc21. The first-order valence-corrected chi connectivity index (χ1v) is 6.69. The Balaban J connectivity index is 2.13. The normalized spacial score (nSPS) is 11.0. The highest BCUT2D eigenvalue weighted by Crippen LogP contribution is 2.35. The number of carbonyl (C=O) groups is 1. The number of aliphatic carboxylic acids is 1. The van der Waals surface area contributed by atoms with Crippen molar-refractivity contribution < 1.29 is 9.90 Å². The van der Waals surface area contributed by atoms with Gasteiger partial charge >= 0.3 is 5.97 Å². The predicted octanol–water partition coefficient (Wildman–Crippen LogP) is 2.93. The molecule has 3 aromatic rings. The molecule has 0 saturated heterocycles. The van der Waals surface area contributed by atoms with Gasteiger partial charge in [0.25, 0.3) is 0 Å². The fraction of sp³-hybridized carbons (Fsp3) is 0.143. The third-order valence-electron chi connectivity index (χ3n) is 2.97. The van der Waals surface area contributed by atoms with Crippen molar-refractivity contribution in [1.82, 2.24) is 9.78 Å². The zero-order valence-corrected chi connectivity index (χ0v) is 11.1. The van der Waals surface area contributed by atoms with Gasteiger partial charge in [0.15, 0.2) is 0 Å². The van der Waals surface area contributed by atoms with E-state index in [0.717, 1.165) is 20.7 Å². The summed E-state index contributed by atoms with van der Waals surface area (Å²) in [6, 6.07) is 12.1. The summed E-state index contributed by atoms with van der Waals surface area (Å²) in [5.41, 5.74) is 2.77. The highest BCUT2D eigenvalue weighted by Gasteiger charge is 2.15.